The van der Waals surface area contributed by atoms with Crippen LogP contribution in [0.5, 0.6) is 5.75 Å². The van der Waals surface area contributed by atoms with Gasteiger partial charge in [0.15, 0.2) is 9.84 Å². The van der Waals surface area contributed by atoms with Crippen LogP contribution in [-0.4, -0.2) is 25.7 Å². The molecule has 0 aromatic heterocycles. The molecule has 6 heteroatoms. The zero-order valence-electron chi connectivity index (χ0n) is 10.7. The quantitative estimate of drug-likeness (QED) is 0.906. The lowest BCUT2D eigenvalue weighted by molar-refractivity contribution is 0.102. The molecule has 0 aliphatic carbocycles. The fraction of sp³-hybridized carbons (Fsp3) is 0.0714. The van der Waals surface area contributed by atoms with Crippen molar-refractivity contribution in [3.63, 3.8) is 0 Å². The first-order valence-electron chi connectivity index (χ1n) is 5.78. The second kappa shape index (κ2) is 5.34. The summed E-state index contributed by atoms with van der Waals surface area (Å²) in [5, 5.41) is 12.1. The summed E-state index contributed by atoms with van der Waals surface area (Å²) in [5.74, 6) is -0.735. The van der Waals surface area contributed by atoms with Gasteiger partial charge in [-0.25, -0.2) is 8.42 Å². The molecule has 0 aliphatic rings. The van der Waals surface area contributed by atoms with E-state index in [0.717, 1.165) is 6.26 Å². The molecule has 20 heavy (non-hydrogen) atoms. The molecule has 0 saturated heterocycles. The Kier molecular flexibility index (Phi) is 3.76. The monoisotopic (exact) mass is 291 g/mol. The number of carbonyl (C=O) groups is 1. The standard InChI is InChI=1S/C14H13NO4S/c1-20(18,19)13-9-5-3-7-11(13)15-14(17)10-6-2-4-8-12(10)16/h2-9,16H,1H3,(H,15,17). The van der Waals surface area contributed by atoms with Gasteiger partial charge in [-0.3, -0.25) is 4.79 Å². The van der Waals surface area contributed by atoms with E-state index in [2.05, 4.69) is 5.32 Å². The highest BCUT2D eigenvalue weighted by Gasteiger charge is 2.16. The second-order valence-electron chi connectivity index (χ2n) is 4.24. The zero-order chi connectivity index (χ0) is 14.8. The number of sulfone groups is 1. The van der Waals surface area contributed by atoms with E-state index in [9.17, 15) is 18.3 Å². The lowest BCUT2D eigenvalue weighted by Gasteiger charge is -2.10. The predicted molar refractivity (Wildman–Crippen MR) is 75.6 cm³/mol. The van der Waals surface area contributed by atoms with Crippen LogP contribution in [0.4, 0.5) is 5.69 Å². The summed E-state index contributed by atoms with van der Waals surface area (Å²) >= 11 is 0. The maximum atomic E-state index is 12.0. The number of rotatable bonds is 3. The minimum absolute atomic E-state index is 0.0313. The van der Waals surface area contributed by atoms with Gasteiger partial charge in [0, 0.05) is 6.26 Å². The maximum absolute atomic E-state index is 12.0. The zero-order valence-corrected chi connectivity index (χ0v) is 11.5. The summed E-state index contributed by atoms with van der Waals surface area (Å²) < 4.78 is 23.3. The van der Waals surface area contributed by atoms with Crippen molar-refractivity contribution in [3.8, 4) is 5.75 Å². The van der Waals surface area contributed by atoms with Crippen LogP contribution in [0.2, 0.25) is 0 Å². The Bertz CT molecular complexity index is 753. The first kappa shape index (κ1) is 14.1. The summed E-state index contributed by atoms with van der Waals surface area (Å²) in [6, 6.07) is 12.1. The first-order valence-corrected chi connectivity index (χ1v) is 7.67. The third kappa shape index (κ3) is 2.97. The van der Waals surface area contributed by atoms with Crippen molar-refractivity contribution < 1.29 is 18.3 Å². The molecule has 0 spiro atoms. The number of hydrogen-bond acceptors (Lipinski definition) is 4. The lowest BCUT2D eigenvalue weighted by Crippen LogP contribution is -2.14. The molecule has 104 valence electrons. The smallest absolute Gasteiger partial charge is 0.259 e. The molecule has 2 rings (SSSR count). The van der Waals surface area contributed by atoms with Crippen LogP contribution in [0, 0.1) is 0 Å². The number of carbonyl (C=O) groups excluding carboxylic acids is 1. The summed E-state index contributed by atoms with van der Waals surface area (Å²) in [6.07, 6.45) is 1.07. The molecule has 2 N–H and O–H groups in total. The summed E-state index contributed by atoms with van der Waals surface area (Å²) in [6.45, 7) is 0. The van der Waals surface area contributed by atoms with Gasteiger partial charge in [-0.05, 0) is 24.3 Å². The number of amides is 1. The molecular formula is C14H13NO4S. The third-order valence-corrected chi connectivity index (χ3v) is 3.84. The van der Waals surface area contributed by atoms with Crippen LogP contribution in [0.15, 0.2) is 53.4 Å². The van der Waals surface area contributed by atoms with Gasteiger partial charge < -0.3 is 10.4 Å². The SMILES string of the molecule is CS(=O)(=O)c1ccccc1NC(=O)c1ccccc1O. The number of benzene rings is 2. The molecule has 0 fully saturated rings. The molecule has 0 aliphatic heterocycles. The molecular weight excluding hydrogens is 278 g/mol. The fourth-order valence-corrected chi connectivity index (χ4v) is 2.59. The van der Waals surface area contributed by atoms with Crippen LogP contribution in [0.1, 0.15) is 10.4 Å². The molecule has 0 saturated carbocycles. The highest BCUT2D eigenvalue weighted by molar-refractivity contribution is 7.90. The highest BCUT2D eigenvalue weighted by atomic mass is 32.2. The number of aromatic hydroxyl groups is 1. The van der Waals surface area contributed by atoms with Gasteiger partial charge in [0.2, 0.25) is 0 Å². The van der Waals surface area contributed by atoms with Crippen molar-refractivity contribution in [2.45, 2.75) is 4.90 Å². The van der Waals surface area contributed by atoms with Crippen LogP contribution < -0.4 is 5.32 Å². The molecule has 1 amide bonds. The van der Waals surface area contributed by atoms with Gasteiger partial charge >= 0.3 is 0 Å². The van der Waals surface area contributed by atoms with Gasteiger partial charge in [0.05, 0.1) is 16.1 Å². The average Bonchev–Trinajstić information content (AvgIpc) is 2.38. The Morgan fingerprint density at radius 3 is 2.30 bits per heavy atom. The van der Waals surface area contributed by atoms with Gasteiger partial charge in [-0.1, -0.05) is 24.3 Å². The summed E-state index contributed by atoms with van der Waals surface area (Å²) in [5.41, 5.74) is 0.263. The van der Waals surface area contributed by atoms with E-state index in [0.29, 0.717) is 0 Å². The fourth-order valence-electron chi connectivity index (χ4n) is 1.75. The number of anilines is 1. The maximum Gasteiger partial charge on any atom is 0.259 e. The van der Waals surface area contributed by atoms with Crippen molar-refractivity contribution in [1.29, 1.82) is 0 Å². The minimum Gasteiger partial charge on any atom is -0.507 e. The van der Waals surface area contributed by atoms with E-state index >= 15 is 0 Å². The van der Waals surface area contributed by atoms with Crippen molar-refractivity contribution in [2.75, 3.05) is 11.6 Å². The number of phenolic OH excluding ortho intramolecular Hbond substituents is 1. The Labute approximate surface area is 116 Å². The second-order valence-corrected chi connectivity index (χ2v) is 6.22. The molecule has 5 nitrogen and oxygen atoms in total. The van der Waals surface area contributed by atoms with Crippen LogP contribution >= 0.6 is 0 Å². The predicted octanol–water partition coefficient (Wildman–Crippen LogP) is 2.05. The number of hydrogen-bond donors (Lipinski definition) is 2. The topological polar surface area (TPSA) is 83.5 Å². The van der Waals surface area contributed by atoms with Gasteiger partial charge in [0.25, 0.3) is 5.91 Å². The van der Waals surface area contributed by atoms with Crippen molar-refractivity contribution in [1.82, 2.24) is 0 Å². The van der Waals surface area contributed by atoms with Crippen molar-refractivity contribution >= 4 is 21.4 Å². The highest BCUT2D eigenvalue weighted by Crippen LogP contribution is 2.23. The van der Waals surface area contributed by atoms with Crippen LogP contribution in [0.25, 0.3) is 0 Å². The van der Waals surface area contributed by atoms with E-state index < -0.39 is 15.7 Å². The van der Waals surface area contributed by atoms with Crippen LogP contribution in [0.3, 0.4) is 0 Å². The minimum atomic E-state index is -3.45. The number of phenols is 1. The molecule has 2 aromatic rings. The lowest BCUT2D eigenvalue weighted by atomic mass is 10.2. The Hall–Kier alpha value is -2.34. The van der Waals surface area contributed by atoms with Crippen LogP contribution in [-0.2, 0) is 9.84 Å². The summed E-state index contributed by atoms with van der Waals surface area (Å²) in [4.78, 5) is 12.1. The van der Waals surface area contributed by atoms with E-state index in [1.54, 1.807) is 24.3 Å². The van der Waals surface area contributed by atoms with E-state index in [1.165, 1.54) is 24.3 Å². The first-order chi connectivity index (χ1) is 9.39. The van der Waals surface area contributed by atoms with Gasteiger partial charge in [-0.15, -0.1) is 0 Å². The van der Waals surface area contributed by atoms with E-state index in [4.69, 9.17) is 0 Å². The third-order valence-electron chi connectivity index (χ3n) is 2.68. The molecule has 0 unspecified atom stereocenters. The Morgan fingerprint density at radius 1 is 1.05 bits per heavy atom. The largest absolute Gasteiger partial charge is 0.507 e. The van der Waals surface area contributed by atoms with Gasteiger partial charge in [0.1, 0.15) is 5.75 Å². The number of para-hydroxylation sites is 2. The molecule has 0 radical (unpaired) electrons. The van der Waals surface area contributed by atoms with Crippen molar-refractivity contribution in [3.05, 3.63) is 54.1 Å². The van der Waals surface area contributed by atoms with Gasteiger partial charge in [-0.2, -0.15) is 0 Å². The molecule has 0 heterocycles. The molecule has 0 bridgehead atoms. The van der Waals surface area contributed by atoms with E-state index in [1.807, 2.05) is 0 Å². The average molecular weight is 291 g/mol. The summed E-state index contributed by atoms with van der Waals surface area (Å²) in [7, 11) is -3.45. The van der Waals surface area contributed by atoms with E-state index in [-0.39, 0.29) is 21.9 Å². The molecule has 0 atom stereocenters. The van der Waals surface area contributed by atoms with Crippen molar-refractivity contribution in [2.24, 2.45) is 0 Å². The molecule has 2 aromatic carbocycles. The number of nitrogens with one attached hydrogen (secondary N) is 1. The Morgan fingerprint density at radius 2 is 1.65 bits per heavy atom. The Balaban J connectivity index is 2.37. The normalized spacial score (nSPS) is 11.1.